The SMILES string of the molecule is C=CC1CC1(NC(=O)[C@@H]1C[C@@H]2CN1C(=O)[C@H](C1CCCC1)NC(=O)OC[C@H](C)CCCc1cc3c(nccc3cc1OC)O2)P(=O)(O)O. The Kier molecular flexibility index (Phi) is 9.75. The highest BCUT2D eigenvalue weighted by Gasteiger charge is 2.66. The maximum atomic E-state index is 14.4. The second kappa shape index (κ2) is 13.7. The van der Waals surface area contributed by atoms with Crippen LogP contribution in [0.5, 0.6) is 11.6 Å². The molecule has 3 heterocycles. The van der Waals surface area contributed by atoms with Crippen LogP contribution in [0.1, 0.15) is 63.9 Å². The Morgan fingerprint density at radius 1 is 1.23 bits per heavy atom. The summed E-state index contributed by atoms with van der Waals surface area (Å²) in [7, 11) is -3.15. The van der Waals surface area contributed by atoms with Gasteiger partial charge in [0.05, 0.1) is 20.3 Å². The van der Waals surface area contributed by atoms with Gasteiger partial charge in [0.25, 0.3) is 0 Å². The molecule has 14 heteroatoms. The number of hydrogen-bond donors (Lipinski definition) is 4. The van der Waals surface area contributed by atoms with Crippen molar-refractivity contribution in [3.8, 4) is 11.6 Å². The van der Waals surface area contributed by atoms with Gasteiger partial charge in [-0.15, -0.1) is 6.58 Å². The van der Waals surface area contributed by atoms with Crippen LogP contribution >= 0.6 is 7.60 Å². The van der Waals surface area contributed by atoms with Gasteiger partial charge >= 0.3 is 13.7 Å². The first-order valence-corrected chi connectivity index (χ1v) is 18.4. The van der Waals surface area contributed by atoms with Crippen LogP contribution in [0.3, 0.4) is 0 Å². The predicted molar refractivity (Wildman–Crippen MR) is 176 cm³/mol. The average molecular weight is 685 g/mol. The smallest absolute Gasteiger partial charge is 0.407 e. The summed E-state index contributed by atoms with van der Waals surface area (Å²) in [4.78, 5) is 67.8. The number of ether oxygens (including phenoxy) is 3. The summed E-state index contributed by atoms with van der Waals surface area (Å²) < 4.78 is 30.3. The summed E-state index contributed by atoms with van der Waals surface area (Å²) in [6.45, 7) is 5.86. The zero-order valence-electron chi connectivity index (χ0n) is 27.4. The number of nitrogens with zero attached hydrogens (tertiary/aromatic N) is 2. The maximum absolute atomic E-state index is 14.4. The number of fused-ring (bicyclic) bond motifs is 3. The minimum absolute atomic E-state index is 0.00276. The topological polar surface area (TPSA) is 177 Å². The lowest BCUT2D eigenvalue weighted by Crippen LogP contribution is -2.57. The van der Waals surface area contributed by atoms with Crippen molar-refractivity contribution >= 4 is 36.3 Å². The van der Waals surface area contributed by atoms with Gasteiger partial charge in [0, 0.05) is 23.9 Å². The number of rotatable bonds is 6. The van der Waals surface area contributed by atoms with E-state index in [0.29, 0.717) is 12.3 Å². The molecule has 1 aromatic heterocycles. The number of methoxy groups -OCH3 is 1. The van der Waals surface area contributed by atoms with Crippen molar-refractivity contribution in [2.45, 2.75) is 88.2 Å². The molecule has 4 bridgehead atoms. The van der Waals surface area contributed by atoms with E-state index >= 15 is 0 Å². The molecule has 2 unspecified atom stereocenters. The number of hydrogen-bond acceptors (Lipinski definition) is 8. The van der Waals surface area contributed by atoms with E-state index in [1.165, 1.54) is 11.0 Å². The van der Waals surface area contributed by atoms with Gasteiger partial charge in [-0.1, -0.05) is 25.8 Å². The van der Waals surface area contributed by atoms with E-state index in [9.17, 15) is 28.7 Å². The molecular weight excluding hydrogens is 639 g/mol. The van der Waals surface area contributed by atoms with E-state index in [4.69, 9.17) is 14.2 Å². The lowest BCUT2D eigenvalue weighted by Gasteiger charge is -2.32. The third-order valence-corrected chi connectivity index (χ3v) is 12.1. The van der Waals surface area contributed by atoms with Crippen molar-refractivity contribution in [3.05, 3.63) is 42.6 Å². The van der Waals surface area contributed by atoms with Gasteiger partial charge in [-0.2, -0.15) is 0 Å². The first-order valence-electron chi connectivity index (χ1n) is 16.8. The highest BCUT2D eigenvalue weighted by atomic mass is 31.2. The molecule has 260 valence electrons. The number of alkyl carbamates (subject to hydrolysis) is 1. The van der Waals surface area contributed by atoms with Gasteiger partial charge in [-0.05, 0) is 79.5 Å². The number of nitrogens with one attached hydrogen (secondary N) is 2. The van der Waals surface area contributed by atoms with Crippen LogP contribution in [0.4, 0.5) is 4.79 Å². The first kappa shape index (κ1) is 34.2. The van der Waals surface area contributed by atoms with Crippen LogP contribution in [0.2, 0.25) is 0 Å². The summed E-state index contributed by atoms with van der Waals surface area (Å²) >= 11 is 0. The molecule has 4 aliphatic rings. The molecule has 0 radical (unpaired) electrons. The summed E-state index contributed by atoms with van der Waals surface area (Å²) in [6.07, 6.45) is 7.37. The van der Waals surface area contributed by atoms with Crippen molar-refractivity contribution in [2.24, 2.45) is 17.8 Å². The number of pyridine rings is 1. The molecule has 1 saturated heterocycles. The van der Waals surface area contributed by atoms with Crippen molar-refractivity contribution in [3.63, 3.8) is 0 Å². The molecule has 4 N–H and O–H groups in total. The van der Waals surface area contributed by atoms with Gasteiger partial charge in [-0.3, -0.25) is 14.2 Å². The Balaban J connectivity index is 1.37. The Morgan fingerprint density at radius 3 is 2.69 bits per heavy atom. The highest BCUT2D eigenvalue weighted by Crippen LogP contribution is 2.67. The monoisotopic (exact) mass is 684 g/mol. The van der Waals surface area contributed by atoms with Crippen molar-refractivity contribution < 1.29 is 42.9 Å². The number of benzene rings is 1. The summed E-state index contributed by atoms with van der Waals surface area (Å²) in [5, 5.41) is 5.27. The van der Waals surface area contributed by atoms with E-state index in [0.717, 1.165) is 60.6 Å². The molecule has 6 atom stereocenters. The Labute approximate surface area is 279 Å². The lowest BCUT2D eigenvalue weighted by atomic mass is 9.96. The molecule has 6 rings (SSSR count). The minimum atomic E-state index is -4.78. The summed E-state index contributed by atoms with van der Waals surface area (Å²) in [6, 6.07) is 3.74. The van der Waals surface area contributed by atoms with E-state index in [1.807, 2.05) is 25.1 Å². The molecule has 2 saturated carbocycles. The number of aryl methyl sites for hydroxylation is 1. The quantitative estimate of drug-likeness (QED) is 0.257. The third-order valence-electron chi connectivity index (χ3n) is 10.4. The molecule has 3 amide bonds. The number of carbonyl (C=O) groups excluding carboxylic acids is 3. The molecule has 3 fully saturated rings. The summed E-state index contributed by atoms with van der Waals surface area (Å²) in [5.74, 6) is -0.775. The van der Waals surface area contributed by atoms with Crippen LogP contribution in [0.25, 0.3) is 10.8 Å². The predicted octanol–water partition coefficient (Wildman–Crippen LogP) is 4.05. The van der Waals surface area contributed by atoms with Gasteiger partial charge < -0.3 is 39.5 Å². The van der Waals surface area contributed by atoms with Crippen LogP contribution in [-0.4, -0.2) is 81.3 Å². The molecule has 2 aromatic rings. The van der Waals surface area contributed by atoms with Crippen LogP contribution in [0.15, 0.2) is 37.1 Å². The Hall–Kier alpha value is -3.67. The van der Waals surface area contributed by atoms with E-state index in [2.05, 4.69) is 22.2 Å². The number of aromatic nitrogens is 1. The highest BCUT2D eigenvalue weighted by molar-refractivity contribution is 7.54. The molecule has 2 aliphatic heterocycles. The largest absolute Gasteiger partial charge is 0.496 e. The third kappa shape index (κ3) is 6.77. The number of carbonyl (C=O) groups is 3. The van der Waals surface area contributed by atoms with Crippen molar-refractivity contribution in [1.29, 1.82) is 0 Å². The molecule has 13 nitrogen and oxygen atoms in total. The second-order valence-corrected chi connectivity index (χ2v) is 15.6. The van der Waals surface area contributed by atoms with E-state index in [1.54, 1.807) is 13.3 Å². The van der Waals surface area contributed by atoms with Gasteiger partial charge in [0.1, 0.15) is 29.2 Å². The van der Waals surface area contributed by atoms with Crippen LogP contribution < -0.4 is 20.1 Å². The standard InChI is InChI=1S/C34H45N4O9P/c1-4-24-17-34(24,48(42,43)44)37-30(39)27-16-25-18-38(27)32(40)29(21-9-5-6-10-21)36-33(41)46-19-20(2)8-7-11-23-14-26-22(15-28(23)45-3)12-13-35-31(26)47-25/h4,12-15,20-21,24-25,27,29H,1,5-11,16-19H2,2-3H3,(H,36,41)(H,37,39)(H2,42,43,44)/t20-,24?,25-,27+,29+,34?/m1/s1. The van der Waals surface area contributed by atoms with Crippen LogP contribution in [0, 0.1) is 17.8 Å². The normalized spacial score (nSPS) is 30.2. The van der Waals surface area contributed by atoms with E-state index in [-0.39, 0.29) is 37.8 Å². The fraction of sp³-hybridized carbons (Fsp3) is 0.588. The van der Waals surface area contributed by atoms with Gasteiger partial charge in [0.15, 0.2) is 0 Å². The van der Waals surface area contributed by atoms with Crippen molar-refractivity contribution in [1.82, 2.24) is 20.5 Å². The molecule has 1 aromatic carbocycles. The Bertz CT molecular complexity index is 1630. The fourth-order valence-electron chi connectivity index (χ4n) is 7.59. The molecule has 0 spiro atoms. The lowest BCUT2D eigenvalue weighted by molar-refractivity contribution is -0.141. The fourth-order valence-corrected chi connectivity index (χ4v) is 8.82. The van der Waals surface area contributed by atoms with E-state index < -0.39 is 54.9 Å². The minimum Gasteiger partial charge on any atom is -0.496 e. The van der Waals surface area contributed by atoms with Gasteiger partial charge in [-0.25, -0.2) is 9.78 Å². The zero-order chi connectivity index (χ0) is 34.2. The maximum Gasteiger partial charge on any atom is 0.407 e. The Morgan fingerprint density at radius 2 is 2.00 bits per heavy atom. The average Bonchev–Trinajstić information content (AvgIpc) is 3.35. The van der Waals surface area contributed by atoms with Crippen molar-refractivity contribution in [2.75, 3.05) is 20.3 Å². The summed E-state index contributed by atoms with van der Waals surface area (Å²) in [5.41, 5.74) is 0.971. The molecular formula is C34H45N4O9P. The second-order valence-electron chi connectivity index (χ2n) is 13.7. The first-order chi connectivity index (χ1) is 22.9. The molecule has 48 heavy (non-hydrogen) atoms. The number of cyclic esters (lactones) is 1. The van der Waals surface area contributed by atoms with Crippen LogP contribution in [-0.2, 0) is 25.3 Å². The zero-order valence-corrected chi connectivity index (χ0v) is 28.3. The van der Waals surface area contributed by atoms with Gasteiger partial charge in [0.2, 0.25) is 17.7 Å². The number of amides is 3. The molecule has 2 aliphatic carbocycles.